The van der Waals surface area contributed by atoms with Crippen molar-refractivity contribution in [3.63, 3.8) is 0 Å². The Bertz CT molecular complexity index is 657. The Morgan fingerprint density at radius 2 is 2.00 bits per heavy atom. The highest BCUT2D eigenvalue weighted by molar-refractivity contribution is 5.39. The Morgan fingerprint density at radius 3 is 2.81 bits per heavy atom. The maximum atomic E-state index is 13.5. The van der Waals surface area contributed by atoms with E-state index in [4.69, 9.17) is 10.5 Å². The first-order valence-electron chi connectivity index (χ1n) is 7.08. The first-order valence-corrected chi connectivity index (χ1v) is 7.08. The second-order valence-electron chi connectivity index (χ2n) is 5.38. The fourth-order valence-corrected chi connectivity index (χ4v) is 2.70. The Balaban J connectivity index is 1.75. The van der Waals surface area contributed by atoms with Gasteiger partial charge in [-0.2, -0.15) is 0 Å². The van der Waals surface area contributed by atoms with Crippen LogP contribution in [0.1, 0.15) is 35.6 Å². The van der Waals surface area contributed by atoms with Crippen LogP contribution in [-0.4, -0.2) is 0 Å². The molecule has 0 amide bonds. The lowest BCUT2D eigenvalue weighted by Gasteiger charge is -2.22. The molecule has 2 aromatic rings. The SMILES string of the molecule is NC1CCCc2ccc(OCc3ccc(F)cc3F)cc21. The Morgan fingerprint density at radius 1 is 1.14 bits per heavy atom. The Labute approximate surface area is 122 Å². The molecule has 0 spiro atoms. The Hall–Kier alpha value is -1.94. The topological polar surface area (TPSA) is 35.2 Å². The van der Waals surface area contributed by atoms with Crippen molar-refractivity contribution in [2.75, 3.05) is 0 Å². The van der Waals surface area contributed by atoms with Crippen molar-refractivity contribution < 1.29 is 13.5 Å². The molecule has 0 fully saturated rings. The van der Waals surface area contributed by atoms with Crippen LogP contribution in [0.15, 0.2) is 36.4 Å². The van der Waals surface area contributed by atoms with Crippen LogP contribution in [0.4, 0.5) is 8.78 Å². The van der Waals surface area contributed by atoms with Gasteiger partial charge in [0.1, 0.15) is 24.0 Å². The molecule has 0 radical (unpaired) electrons. The normalized spacial score (nSPS) is 17.4. The molecule has 3 rings (SSSR count). The van der Waals surface area contributed by atoms with Crippen molar-refractivity contribution in [2.24, 2.45) is 5.73 Å². The minimum absolute atomic E-state index is 0.0415. The largest absolute Gasteiger partial charge is 0.489 e. The van der Waals surface area contributed by atoms with Crippen LogP contribution in [0.3, 0.4) is 0 Å². The number of nitrogens with two attached hydrogens (primary N) is 1. The quantitative estimate of drug-likeness (QED) is 0.930. The molecule has 0 saturated heterocycles. The second-order valence-corrected chi connectivity index (χ2v) is 5.38. The maximum absolute atomic E-state index is 13.5. The number of halogens is 2. The molecule has 0 bridgehead atoms. The van der Waals surface area contributed by atoms with Crippen LogP contribution in [0.25, 0.3) is 0 Å². The highest BCUT2D eigenvalue weighted by Gasteiger charge is 2.17. The molecular weight excluding hydrogens is 272 g/mol. The zero-order valence-corrected chi connectivity index (χ0v) is 11.6. The van der Waals surface area contributed by atoms with Crippen molar-refractivity contribution in [1.29, 1.82) is 0 Å². The van der Waals surface area contributed by atoms with Gasteiger partial charge in [0.2, 0.25) is 0 Å². The predicted molar refractivity (Wildman–Crippen MR) is 77.0 cm³/mol. The van der Waals surface area contributed by atoms with Crippen LogP contribution in [-0.2, 0) is 13.0 Å². The van der Waals surface area contributed by atoms with Gasteiger partial charge in [-0.05, 0) is 54.7 Å². The van der Waals surface area contributed by atoms with Gasteiger partial charge >= 0.3 is 0 Å². The van der Waals surface area contributed by atoms with E-state index in [1.807, 2.05) is 18.2 Å². The molecule has 2 N–H and O–H groups in total. The van der Waals surface area contributed by atoms with E-state index in [1.165, 1.54) is 17.7 Å². The van der Waals surface area contributed by atoms with E-state index in [-0.39, 0.29) is 12.6 Å². The summed E-state index contributed by atoms with van der Waals surface area (Å²) >= 11 is 0. The minimum atomic E-state index is -0.593. The summed E-state index contributed by atoms with van der Waals surface area (Å²) in [6.07, 6.45) is 3.12. The standard InChI is InChI=1S/C17H17F2NO/c18-13-6-4-12(16(19)8-13)10-21-14-7-5-11-2-1-3-17(20)15(11)9-14/h4-9,17H,1-3,10,20H2. The molecule has 0 saturated carbocycles. The molecule has 0 aromatic heterocycles. The molecule has 110 valence electrons. The fraction of sp³-hybridized carbons (Fsp3) is 0.294. The van der Waals surface area contributed by atoms with Gasteiger partial charge in [0.15, 0.2) is 0 Å². The first kappa shape index (κ1) is 14.0. The number of aryl methyl sites for hydroxylation is 1. The number of fused-ring (bicyclic) bond motifs is 1. The van der Waals surface area contributed by atoms with Crippen molar-refractivity contribution in [3.8, 4) is 5.75 Å². The molecule has 21 heavy (non-hydrogen) atoms. The lowest BCUT2D eigenvalue weighted by molar-refractivity contribution is 0.298. The molecular formula is C17H17F2NO. The smallest absolute Gasteiger partial charge is 0.132 e. The summed E-state index contributed by atoms with van der Waals surface area (Å²) in [5.74, 6) is -0.518. The van der Waals surface area contributed by atoms with Gasteiger partial charge in [-0.25, -0.2) is 8.78 Å². The zero-order chi connectivity index (χ0) is 14.8. The molecule has 0 heterocycles. The highest BCUT2D eigenvalue weighted by atomic mass is 19.1. The van der Waals surface area contributed by atoms with E-state index < -0.39 is 11.6 Å². The molecule has 1 aliphatic carbocycles. The molecule has 2 aromatic carbocycles. The van der Waals surface area contributed by atoms with Gasteiger partial charge in [-0.3, -0.25) is 0 Å². The number of benzene rings is 2. The monoisotopic (exact) mass is 289 g/mol. The fourth-order valence-electron chi connectivity index (χ4n) is 2.70. The predicted octanol–water partition coefficient (Wildman–Crippen LogP) is 3.88. The molecule has 1 unspecified atom stereocenters. The van der Waals surface area contributed by atoms with Crippen molar-refractivity contribution in [3.05, 3.63) is 64.7 Å². The number of hydrogen-bond acceptors (Lipinski definition) is 2. The van der Waals surface area contributed by atoms with Crippen molar-refractivity contribution in [1.82, 2.24) is 0 Å². The van der Waals surface area contributed by atoms with Crippen LogP contribution in [0.5, 0.6) is 5.75 Å². The molecule has 2 nitrogen and oxygen atoms in total. The third-order valence-corrected chi connectivity index (χ3v) is 3.89. The van der Waals surface area contributed by atoms with Crippen LogP contribution >= 0.6 is 0 Å². The first-order chi connectivity index (χ1) is 10.1. The van der Waals surface area contributed by atoms with Crippen molar-refractivity contribution >= 4 is 0 Å². The lowest BCUT2D eigenvalue weighted by Crippen LogP contribution is -2.17. The van der Waals surface area contributed by atoms with Gasteiger partial charge < -0.3 is 10.5 Å². The van der Waals surface area contributed by atoms with E-state index in [1.54, 1.807) is 0 Å². The van der Waals surface area contributed by atoms with E-state index in [2.05, 4.69) is 0 Å². The maximum Gasteiger partial charge on any atom is 0.132 e. The van der Waals surface area contributed by atoms with Crippen LogP contribution < -0.4 is 10.5 Å². The van der Waals surface area contributed by atoms with E-state index in [0.717, 1.165) is 30.9 Å². The number of ether oxygens (including phenoxy) is 1. The molecule has 4 heteroatoms. The van der Waals surface area contributed by atoms with E-state index >= 15 is 0 Å². The number of rotatable bonds is 3. The van der Waals surface area contributed by atoms with E-state index in [9.17, 15) is 8.78 Å². The highest BCUT2D eigenvalue weighted by Crippen LogP contribution is 2.31. The van der Waals surface area contributed by atoms with Gasteiger partial charge in [0, 0.05) is 17.7 Å². The van der Waals surface area contributed by atoms with Gasteiger partial charge in [-0.1, -0.05) is 6.07 Å². The minimum Gasteiger partial charge on any atom is -0.489 e. The van der Waals surface area contributed by atoms with Crippen molar-refractivity contribution in [2.45, 2.75) is 31.9 Å². The van der Waals surface area contributed by atoms with Crippen LogP contribution in [0, 0.1) is 11.6 Å². The van der Waals surface area contributed by atoms with Gasteiger partial charge in [0.05, 0.1) is 0 Å². The summed E-state index contributed by atoms with van der Waals surface area (Å²) in [7, 11) is 0. The number of hydrogen-bond donors (Lipinski definition) is 1. The third kappa shape index (κ3) is 3.05. The summed E-state index contributed by atoms with van der Waals surface area (Å²) in [4.78, 5) is 0. The molecule has 1 aliphatic rings. The molecule has 0 aliphatic heterocycles. The lowest BCUT2D eigenvalue weighted by atomic mass is 9.88. The average Bonchev–Trinajstić information content (AvgIpc) is 2.47. The zero-order valence-electron chi connectivity index (χ0n) is 11.6. The molecule has 1 atom stereocenters. The van der Waals surface area contributed by atoms with E-state index in [0.29, 0.717) is 11.3 Å². The summed E-state index contributed by atoms with van der Waals surface area (Å²) in [5, 5.41) is 0. The Kier molecular flexibility index (Phi) is 3.88. The third-order valence-electron chi connectivity index (χ3n) is 3.89. The summed E-state index contributed by atoms with van der Waals surface area (Å²) in [6.45, 7) is 0.0696. The summed E-state index contributed by atoms with van der Waals surface area (Å²) in [5.41, 5.74) is 8.81. The van der Waals surface area contributed by atoms with Crippen LogP contribution in [0.2, 0.25) is 0 Å². The summed E-state index contributed by atoms with van der Waals surface area (Å²) < 4.78 is 32.0. The van der Waals surface area contributed by atoms with Gasteiger partial charge in [0.25, 0.3) is 0 Å². The average molecular weight is 289 g/mol. The second kappa shape index (κ2) is 5.82. The van der Waals surface area contributed by atoms with Gasteiger partial charge in [-0.15, -0.1) is 0 Å². The summed E-state index contributed by atoms with van der Waals surface area (Å²) in [6, 6.07) is 9.35.